The van der Waals surface area contributed by atoms with Gasteiger partial charge in [-0.15, -0.1) is 0 Å². The molecule has 100 valence electrons. The molecule has 0 saturated heterocycles. The molecule has 0 aliphatic carbocycles. The van der Waals surface area contributed by atoms with Gasteiger partial charge in [0.15, 0.2) is 0 Å². The van der Waals surface area contributed by atoms with Crippen molar-refractivity contribution in [3.8, 4) is 0 Å². The molecule has 2 aromatic rings. The molecule has 0 radical (unpaired) electrons. The van der Waals surface area contributed by atoms with Crippen molar-refractivity contribution in [2.45, 2.75) is 33.0 Å². The van der Waals surface area contributed by atoms with Gasteiger partial charge in [0.05, 0.1) is 0 Å². The summed E-state index contributed by atoms with van der Waals surface area (Å²) in [6.45, 7) is 5.77. The lowest BCUT2D eigenvalue weighted by Crippen LogP contribution is -2.31. The molecule has 0 unspecified atom stereocenters. The fourth-order valence-corrected chi connectivity index (χ4v) is 2.05. The third-order valence-corrected chi connectivity index (χ3v) is 3.16. The van der Waals surface area contributed by atoms with Gasteiger partial charge in [-0.05, 0) is 37.1 Å². The fraction of sp³-hybridized carbons (Fsp3) is 0.312. The van der Waals surface area contributed by atoms with E-state index in [9.17, 15) is 0 Å². The molecule has 3 nitrogen and oxygen atoms in total. The highest BCUT2D eigenvalue weighted by Gasteiger charge is 2.12. The van der Waals surface area contributed by atoms with Crippen LogP contribution >= 0.6 is 0 Å². The van der Waals surface area contributed by atoms with E-state index in [-0.39, 0.29) is 0 Å². The topological polar surface area (TPSA) is 42.1 Å². The number of rotatable bonds is 5. The van der Waals surface area contributed by atoms with Crippen LogP contribution in [0.25, 0.3) is 0 Å². The molecule has 3 heteroatoms. The zero-order chi connectivity index (χ0) is 13.7. The van der Waals surface area contributed by atoms with Gasteiger partial charge >= 0.3 is 0 Å². The first-order chi connectivity index (χ1) is 9.20. The minimum atomic E-state index is 0.390. The minimum absolute atomic E-state index is 0.390. The molecule has 0 bridgehead atoms. The maximum atomic E-state index is 5.70. The van der Waals surface area contributed by atoms with Crippen molar-refractivity contribution >= 4 is 5.82 Å². The standard InChI is InChI=1S/C16H21N3/c1-13(2)19(12-14-6-4-3-5-7-14)16-10-15(11-17)8-9-18-16/h3-10,13H,11-12,17H2,1-2H3. The first kappa shape index (κ1) is 13.6. The molecular weight excluding hydrogens is 234 g/mol. The molecule has 2 rings (SSSR count). The molecule has 1 aromatic carbocycles. The molecule has 0 aliphatic rings. The lowest BCUT2D eigenvalue weighted by atomic mass is 10.1. The number of hydrogen-bond acceptors (Lipinski definition) is 3. The minimum Gasteiger partial charge on any atom is -0.350 e. The molecule has 0 fully saturated rings. The molecule has 0 aliphatic heterocycles. The monoisotopic (exact) mass is 255 g/mol. The average Bonchev–Trinajstić information content (AvgIpc) is 2.45. The Labute approximate surface area is 115 Å². The largest absolute Gasteiger partial charge is 0.350 e. The first-order valence-corrected chi connectivity index (χ1v) is 6.66. The summed E-state index contributed by atoms with van der Waals surface area (Å²) in [7, 11) is 0. The van der Waals surface area contributed by atoms with E-state index < -0.39 is 0 Å². The average molecular weight is 255 g/mol. The maximum Gasteiger partial charge on any atom is 0.129 e. The molecular formula is C16H21N3. The summed E-state index contributed by atoms with van der Waals surface area (Å²) in [5.74, 6) is 0.988. The zero-order valence-electron chi connectivity index (χ0n) is 11.6. The van der Waals surface area contributed by atoms with Crippen molar-refractivity contribution < 1.29 is 0 Å². The quantitative estimate of drug-likeness (QED) is 0.893. The van der Waals surface area contributed by atoms with Gasteiger partial charge in [-0.3, -0.25) is 0 Å². The van der Waals surface area contributed by atoms with E-state index in [0.717, 1.165) is 17.9 Å². The number of hydrogen-bond donors (Lipinski definition) is 1. The van der Waals surface area contributed by atoms with E-state index in [1.807, 2.05) is 18.3 Å². The van der Waals surface area contributed by atoms with Crippen LogP contribution in [0.2, 0.25) is 0 Å². The summed E-state index contributed by atoms with van der Waals surface area (Å²) in [5, 5.41) is 0. The smallest absolute Gasteiger partial charge is 0.129 e. The molecule has 0 atom stereocenters. The number of aromatic nitrogens is 1. The lowest BCUT2D eigenvalue weighted by molar-refractivity contribution is 0.672. The highest BCUT2D eigenvalue weighted by Crippen LogP contribution is 2.18. The predicted octanol–water partition coefficient (Wildman–Crippen LogP) is 2.96. The number of anilines is 1. The highest BCUT2D eigenvalue weighted by molar-refractivity contribution is 5.42. The van der Waals surface area contributed by atoms with E-state index in [0.29, 0.717) is 12.6 Å². The molecule has 19 heavy (non-hydrogen) atoms. The second-order valence-corrected chi connectivity index (χ2v) is 4.93. The van der Waals surface area contributed by atoms with Crippen LogP contribution in [-0.4, -0.2) is 11.0 Å². The Bertz CT molecular complexity index is 508. The fourth-order valence-electron chi connectivity index (χ4n) is 2.05. The van der Waals surface area contributed by atoms with Crippen LogP contribution in [-0.2, 0) is 13.1 Å². The summed E-state index contributed by atoms with van der Waals surface area (Å²) >= 11 is 0. The van der Waals surface area contributed by atoms with E-state index in [2.05, 4.69) is 54.1 Å². The zero-order valence-corrected chi connectivity index (χ0v) is 11.6. The van der Waals surface area contributed by atoms with Crippen LogP contribution in [0.4, 0.5) is 5.82 Å². The maximum absolute atomic E-state index is 5.70. The Morgan fingerprint density at radius 3 is 2.47 bits per heavy atom. The van der Waals surface area contributed by atoms with E-state index in [1.165, 1.54) is 5.56 Å². The number of nitrogens with zero attached hydrogens (tertiary/aromatic N) is 2. The Morgan fingerprint density at radius 2 is 1.84 bits per heavy atom. The summed E-state index contributed by atoms with van der Waals surface area (Å²) in [6, 6.07) is 14.9. The van der Waals surface area contributed by atoms with E-state index in [4.69, 9.17) is 5.73 Å². The SMILES string of the molecule is CC(C)N(Cc1ccccc1)c1cc(CN)ccn1. The predicted molar refractivity (Wildman–Crippen MR) is 79.9 cm³/mol. The van der Waals surface area contributed by atoms with Gasteiger partial charge in [-0.25, -0.2) is 4.98 Å². The highest BCUT2D eigenvalue weighted by atomic mass is 15.2. The van der Waals surface area contributed by atoms with Crippen LogP contribution in [0.5, 0.6) is 0 Å². The van der Waals surface area contributed by atoms with Crippen molar-refractivity contribution in [2.24, 2.45) is 5.73 Å². The normalized spacial score (nSPS) is 10.7. The summed E-state index contributed by atoms with van der Waals surface area (Å²) < 4.78 is 0. The van der Waals surface area contributed by atoms with E-state index >= 15 is 0 Å². The van der Waals surface area contributed by atoms with Gasteiger partial charge in [-0.2, -0.15) is 0 Å². The number of benzene rings is 1. The number of nitrogens with two attached hydrogens (primary N) is 1. The third kappa shape index (κ3) is 3.55. The van der Waals surface area contributed by atoms with Crippen molar-refractivity contribution in [3.05, 3.63) is 59.8 Å². The number of pyridine rings is 1. The van der Waals surface area contributed by atoms with Gasteiger partial charge in [0.2, 0.25) is 0 Å². The van der Waals surface area contributed by atoms with Crippen LogP contribution < -0.4 is 10.6 Å². The van der Waals surface area contributed by atoms with Crippen molar-refractivity contribution in [1.29, 1.82) is 0 Å². The van der Waals surface area contributed by atoms with Crippen LogP contribution in [0.1, 0.15) is 25.0 Å². The first-order valence-electron chi connectivity index (χ1n) is 6.66. The van der Waals surface area contributed by atoms with Crippen molar-refractivity contribution in [3.63, 3.8) is 0 Å². The third-order valence-electron chi connectivity index (χ3n) is 3.16. The summed E-state index contributed by atoms with van der Waals surface area (Å²) in [4.78, 5) is 6.76. The van der Waals surface area contributed by atoms with Crippen LogP contribution in [0.15, 0.2) is 48.7 Å². The molecule has 1 aromatic heterocycles. The Kier molecular flexibility index (Phi) is 4.53. The molecule has 0 amide bonds. The van der Waals surface area contributed by atoms with Gasteiger partial charge in [0.1, 0.15) is 5.82 Å². The van der Waals surface area contributed by atoms with Crippen LogP contribution in [0, 0.1) is 0 Å². The second kappa shape index (κ2) is 6.34. The molecule has 2 N–H and O–H groups in total. The molecule has 0 saturated carbocycles. The summed E-state index contributed by atoms with van der Waals surface area (Å²) in [6.07, 6.45) is 1.83. The Morgan fingerprint density at radius 1 is 1.11 bits per heavy atom. The Hall–Kier alpha value is -1.87. The van der Waals surface area contributed by atoms with Crippen LogP contribution in [0.3, 0.4) is 0 Å². The van der Waals surface area contributed by atoms with Crippen molar-refractivity contribution in [1.82, 2.24) is 4.98 Å². The van der Waals surface area contributed by atoms with E-state index in [1.54, 1.807) is 0 Å². The van der Waals surface area contributed by atoms with Gasteiger partial charge in [0.25, 0.3) is 0 Å². The van der Waals surface area contributed by atoms with Gasteiger partial charge < -0.3 is 10.6 Å². The molecule has 1 heterocycles. The summed E-state index contributed by atoms with van der Waals surface area (Å²) in [5.41, 5.74) is 8.10. The van der Waals surface area contributed by atoms with Crippen molar-refractivity contribution in [2.75, 3.05) is 4.90 Å². The van der Waals surface area contributed by atoms with Gasteiger partial charge in [0, 0.05) is 25.3 Å². The van der Waals surface area contributed by atoms with Gasteiger partial charge in [-0.1, -0.05) is 30.3 Å². The lowest BCUT2D eigenvalue weighted by Gasteiger charge is -2.28. The second-order valence-electron chi connectivity index (χ2n) is 4.93. The molecule has 0 spiro atoms. The Balaban J connectivity index is 2.24.